The minimum absolute atomic E-state index is 0.0472. The van der Waals surface area contributed by atoms with Gasteiger partial charge in [-0.2, -0.15) is 0 Å². The molecular weight excluding hydrogens is 162 g/mol. The summed E-state index contributed by atoms with van der Waals surface area (Å²) < 4.78 is 9.44. The molecule has 0 spiro atoms. The molecule has 1 amide bonds. The van der Waals surface area contributed by atoms with Crippen LogP contribution in [0.2, 0.25) is 0 Å². The van der Waals surface area contributed by atoms with E-state index in [0.717, 1.165) is 0 Å². The second-order valence-electron chi connectivity index (χ2n) is 1.97. The maximum absolute atomic E-state index is 10.8. The highest BCUT2D eigenvalue weighted by atomic mass is 16.5. The number of hydrogen-bond donors (Lipinski definition) is 1. The maximum atomic E-state index is 10.8. The van der Waals surface area contributed by atoms with Crippen LogP contribution in [0, 0.1) is 6.92 Å². The second-order valence-corrected chi connectivity index (χ2v) is 1.97. The molecule has 0 aliphatic carbocycles. The van der Waals surface area contributed by atoms with Gasteiger partial charge in [0.25, 0.3) is 0 Å². The van der Waals surface area contributed by atoms with Gasteiger partial charge in [-0.25, -0.2) is 10.1 Å². The Morgan fingerprint density at radius 3 is 2.92 bits per heavy atom. The molecule has 1 heterocycles. The van der Waals surface area contributed by atoms with E-state index >= 15 is 0 Å². The molecule has 0 saturated carbocycles. The lowest BCUT2D eigenvalue weighted by Gasteiger charge is -1.98. The van der Waals surface area contributed by atoms with Crippen molar-refractivity contribution in [2.45, 2.75) is 13.8 Å². The van der Waals surface area contributed by atoms with Crippen LogP contribution in [-0.4, -0.2) is 22.9 Å². The number of nitrogens with one attached hydrogen (secondary N) is 1. The Labute approximate surface area is 68.9 Å². The first-order valence-electron chi connectivity index (χ1n) is 3.46. The van der Waals surface area contributed by atoms with Gasteiger partial charge in [-0.15, -0.1) is 5.10 Å². The highest BCUT2D eigenvalue weighted by Gasteiger charge is 2.06. The predicted molar refractivity (Wildman–Crippen MR) is 39.7 cm³/mol. The van der Waals surface area contributed by atoms with Gasteiger partial charge in [-0.1, -0.05) is 5.10 Å². The van der Waals surface area contributed by atoms with Crippen LogP contribution in [0.4, 0.5) is 10.8 Å². The number of carbonyl (C=O) groups excluding carboxylic acids is 1. The fourth-order valence-electron chi connectivity index (χ4n) is 0.602. The molecule has 0 fully saturated rings. The lowest BCUT2D eigenvalue weighted by atomic mass is 10.8. The molecule has 0 aromatic carbocycles. The number of aromatic nitrogens is 2. The standard InChI is InChI=1S/C6H9N3O3/c1-3-11-6(10)7-5-9-8-4(2)12-5/h3H2,1-2H3,(H,7,9,10). The zero-order valence-corrected chi connectivity index (χ0v) is 6.83. The third-order valence-corrected chi connectivity index (χ3v) is 1.01. The van der Waals surface area contributed by atoms with Crippen molar-refractivity contribution in [3.05, 3.63) is 5.89 Å². The van der Waals surface area contributed by atoms with E-state index in [1.165, 1.54) is 0 Å². The molecule has 0 atom stereocenters. The molecule has 1 aromatic rings. The third kappa shape index (κ3) is 2.22. The van der Waals surface area contributed by atoms with E-state index in [4.69, 9.17) is 4.42 Å². The average Bonchev–Trinajstić information content (AvgIpc) is 2.36. The quantitative estimate of drug-likeness (QED) is 0.716. The van der Waals surface area contributed by atoms with Crippen molar-refractivity contribution in [2.75, 3.05) is 11.9 Å². The number of aryl methyl sites for hydroxylation is 1. The largest absolute Gasteiger partial charge is 0.450 e. The number of ether oxygens (including phenoxy) is 1. The molecule has 0 aliphatic rings. The van der Waals surface area contributed by atoms with Crippen molar-refractivity contribution >= 4 is 12.1 Å². The van der Waals surface area contributed by atoms with Gasteiger partial charge in [-0.05, 0) is 6.92 Å². The molecule has 6 nitrogen and oxygen atoms in total. The smallest absolute Gasteiger partial charge is 0.415 e. The van der Waals surface area contributed by atoms with Crippen LogP contribution in [0.1, 0.15) is 12.8 Å². The number of carbonyl (C=O) groups is 1. The molecule has 0 radical (unpaired) electrons. The molecule has 66 valence electrons. The Hall–Kier alpha value is -1.59. The summed E-state index contributed by atoms with van der Waals surface area (Å²) in [6.45, 7) is 3.64. The summed E-state index contributed by atoms with van der Waals surface area (Å²) in [6.07, 6.45) is -0.596. The SMILES string of the molecule is CCOC(=O)Nc1nnc(C)o1. The molecule has 0 unspecified atom stereocenters. The molecule has 12 heavy (non-hydrogen) atoms. The van der Waals surface area contributed by atoms with Crippen molar-refractivity contribution in [3.8, 4) is 0 Å². The molecule has 6 heteroatoms. The first-order valence-corrected chi connectivity index (χ1v) is 3.46. The highest BCUT2D eigenvalue weighted by molar-refractivity contribution is 5.81. The topological polar surface area (TPSA) is 77.2 Å². The zero-order chi connectivity index (χ0) is 8.97. The predicted octanol–water partition coefficient (Wildman–Crippen LogP) is 0.946. The van der Waals surface area contributed by atoms with Crippen molar-refractivity contribution in [3.63, 3.8) is 0 Å². The van der Waals surface area contributed by atoms with Crippen LogP contribution < -0.4 is 5.32 Å². The fraction of sp³-hybridized carbons (Fsp3) is 0.500. The first kappa shape index (κ1) is 8.51. The summed E-state index contributed by atoms with van der Waals surface area (Å²) in [6, 6.07) is 0.0472. The summed E-state index contributed by atoms with van der Waals surface area (Å²) in [5.74, 6) is 0.391. The first-order chi connectivity index (χ1) is 5.72. The third-order valence-electron chi connectivity index (χ3n) is 1.01. The Kier molecular flexibility index (Phi) is 2.62. The summed E-state index contributed by atoms with van der Waals surface area (Å²) >= 11 is 0. The Morgan fingerprint density at radius 2 is 2.42 bits per heavy atom. The number of anilines is 1. The number of nitrogens with zero attached hydrogens (tertiary/aromatic N) is 2. The van der Waals surface area contributed by atoms with Crippen LogP contribution in [0.5, 0.6) is 0 Å². The monoisotopic (exact) mass is 171 g/mol. The molecule has 1 aromatic heterocycles. The van der Waals surface area contributed by atoms with Crippen molar-refractivity contribution in [1.82, 2.24) is 10.2 Å². The average molecular weight is 171 g/mol. The Bertz CT molecular complexity index is 271. The molecular formula is C6H9N3O3. The van der Waals surface area contributed by atoms with Gasteiger partial charge in [0.2, 0.25) is 5.89 Å². The van der Waals surface area contributed by atoms with Crippen LogP contribution in [0.25, 0.3) is 0 Å². The number of amides is 1. The van der Waals surface area contributed by atoms with E-state index in [1.54, 1.807) is 13.8 Å². The van der Waals surface area contributed by atoms with Gasteiger partial charge in [0.05, 0.1) is 6.61 Å². The van der Waals surface area contributed by atoms with Gasteiger partial charge in [0.1, 0.15) is 0 Å². The van der Waals surface area contributed by atoms with E-state index in [0.29, 0.717) is 12.5 Å². The van der Waals surface area contributed by atoms with Gasteiger partial charge in [-0.3, -0.25) is 0 Å². The Morgan fingerprint density at radius 1 is 1.67 bits per heavy atom. The molecule has 0 bridgehead atoms. The molecule has 1 N–H and O–H groups in total. The van der Waals surface area contributed by atoms with E-state index < -0.39 is 6.09 Å². The summed E-state index contributed by atoms with van der Waals surface area (Å²) in [5, 5.41) is 9.31. The maximum Gasteiger partial charge on any atom is 0.415 e. The van der Waals surface area contributed by atoms with Crippen LogP contribution in [0.3, 0.4) is 0 Å². The lowest BCUT2D eigenvalue weighted by molar-refractivity contribution is 0.167. The van der Waals surface area contributed by atoms with Gasteiger partial charge >= 0.3 is 12.1 Å². The van der Waals surface area contributed by atoms with Gasteiger partial charge in [0, 0.05) is 6.92 Å². The van der Waals surface area contributed by atoms with E-state index in [2.05, 4.69) is 20.3 Å². The van der Waals surface area contributed by atoms with E-state index in [-0.39, 0.29) is 6.01 Å². The summed E-state index contributed by atoms with van der Waals surface area (Å²) in [5.41, 5.74) is 0. The van der Waals surface area contributed by atoms with Crippen LogP contribution >= 0.6 is 0 Å². The minimum Gasteiger partial charge on any atom is -0.450 e. The van der Waals surface area contributed by atoms with Crippen LogP contribution in [0.15, 0.2) is 4.42 Å². The van der Waals surface area contributed by atoms with Crippen molar-refractivity contribution in [1.29, 1.82) is 0 Å². The number of hydrogen-bond acceptors (Lipinski definition) is 5. The van der Waals surface area contributed by atoms with E-state index in [1.807, 2.05) is 0 Å². The van der Waals surface area contributed by atoms with Gasteiger partial charge < -0.3 is 9.15 Å². The fourth-order valence-corrected chi connectivity index (χ4v) is 0.602. The summed E-state index contributed by atoms with van der Waals surface area (Å²) in [7, 11) is 0. The zero-order valence-electron chi connectivity index (χ0n) is 6.83. The van der Waals surface area contributed by atoms with Crippen molar-refractivity contribution in [2.24, 2.45) is 0 Å². The molecule has 0 aliphatic heterocycles. The number of rotatable bonds is 2. The Balaban J connectivity index is 2.46. The van der Waals surface area contributed by atoms with E-state index in [9.17, 15) is 4.79 Å². The lowest BCUT2D eigenvalue weighted by Crippen LogP contribution is -2.13. The highest BCUT2D eigenvalue weighted by Crippen LogP contribution is 2.03. The van der Waals surface area contributed by atoms with Gasteiger partial charge in [0.15, 0.2) is 0 Å². The molecule has 0 saturated heterocycles. The summed E-state index contributed by atoms with van der Waals surface area (Å²) in [4.78, 5) is 10.8. The second kappa shape index (κ2) is 3.70. The van der Waals surface area contributed by atoms with Crippen molar-refractivity contribution < 1.29 is 13.9 Å². The minimum atomic E-state index is -0.596. The normalized spacial score (nSPS) is 9.50. The molecule has 1 rings (SSSR count). The van der Waals surface area contributed by atoms with Crippen LogP contribution in [-0.2, 0) is 4.74 Å².